The van der Waals surface area contributed by atoms with Crippen molar-refractivity contribution in [1.29, 1.82) is 0 Å². The molecule has 0 spiro atoms. The molecule has 0 aliphatic heterocycles. The molecule has 2 atom stereocenters. The minimum Gasteiger partial charge on any atom is -0.449 e. The van der Waals surface area contributed by atoms with Gasteiger partial charge in [-0.05, 0) is 41.9 Å². The largest absolute Gasteiger partial charge is 0.449 e. The Morgan fingerprint density at radius 3 is 2.26 bits per heavy atom. The van der Waals surface area contributed by atoms with E-state index in [-0.39, 0.29) is 6.42 Å². The molecule has 2 aromatic rings. The van der Waals surface area contributed by atoms with Crippen LogP contribution in [-0.2, 0) is 0 Å². The fourth-order valence-electron chi connectivity index (χ4n) is 3.57. The summed E-state index contributed by atoms with van der Waals surface area (Å²) in [5, 5.41) is -0.501. The summed E-state index contributed by atoms with van der Waals surface area (Å²) in [5.74, 6) is -5.93. The van der Waals surface area contributed by atoms with Gasteiger partial charge in [-0.2, -0.15) is 0 Å². The second kappa shape index (κ2) is 9.73. The highest BCUT2D eigenvalue weighted by Crippen LogP contribution is 2.47. The third kappa shape index (κ3) is 4.71. The maximum atomic E-state index is 15.6. The predicted octanol–water partition coefficient (Wildman–Crippen LogP) is 7.67. The zero-order valence-electron chi connectivity index (χ0n) is 16.8. The van der Waals surface area contributed by atoms with Gasteiger partial charge < -0.3 is 4.74 Å². The molecule has 0 aromatic heterocycles. The molecule has 3 rings (SSSR count). The van der Waals surface area contributed by atoms with Gasteiger partial charge in [0, 0.05) is 12.1 Å². The molecule has 0 saturated carbocycles. The van der Waals surface area contributed by atoms with Crippen molar-refractivity contribution >= 4 is 22.8 Å². The SMILES string of the molecule is CCCCCC1(C(=S)Oc2cc(F)c(F)c(F)c2)C(F)=CC(c2ccccc2)=CC1F. The van der Waals surface area contributed by atoms with Crippen LogP contribution < -0.4 is 4.74 Å². The standard InChI is InChI=1S/C24H21F5OS/c1-2-3-7-10-24(23(31)30-17-13-18(25)22(29)19(26)14-17)20(27)11-16(12-21(24)28)15-8-5-4-6-9-15/h4-6,8-9,11-14,20H,2-3,7,10H2,1H3. The number of allylic oxidation sites excluding steroid dienone is 3. The van der Waals surface area contributed by atoms with Crippen molar-refractivity contribution in [2.24, 2.45) is 5.41 Å². The molecular formula is C24H21F5OS. The first-order chi connectivity index (χ1) is 14.8. The number of rotatable bonds is 7. The zero-order valence-corrected chi connectivity index (χ0v) is 17.6. The average Bonchev–Trinajstić information content (AvgIpc) is 2.74. The number of benzene rings is 2. The highest BCUT2D eigenvalue weighted by Gasteiger charge is 2.50. The van der Waals surface area contributed by atoms with Crippen molar-refractivity contribution in [3.63, 3.8) is 0 Å². The topological polar surface area (TPSA) is 9.23 Å². The Morgan fingerprint density at radius 1 is 1.03 bits per heavy atom. The number of alkyl halides is 1. The molecule has 0 fully saturated rings. The van der Waals surface area contributed by atoms with Gasteiger partial charge in [-0.15, -0.1) is 0 Å². The Hall–Kier alpha value is -2.54. The van der Waals surface area contributed by atoms with Gasteiger partial charge in [-0.3, -0.25) is 0 Å². The molecule has 31 heavy (non-hydrogen) atoms. The van der Waals surface area contributed by atoms with Gasteiger partial charge in [0.15, 0.2) is 22.5 Å². The molecular weight excluding hydrogens is 431 g/mol. The highest BCUT2D eigenvalue weighted by atomic mass is 32.1. The van der Waals surface area contributed by atoms with Gasteiger partial charge in [-0.25, -0.2) is 22.0 Å². The van der Waals surface area contributed by atoms with E-state index in [1.807, 2.05) is 6.92 Å². The minimum absolute atomic E-state index is 0.00784. The van der Waals surface area contributed by atoms with E-state index in [1.165, 1.54) is 12.2 Å². The van der Waals surface area contributed by atoms with Crippen molar-refractivity contribution in [1.82, 2.24) is 0 Å². The lowest BCUT2D eigenvalue weighted by atomic mass is 9.73. The first kappa shape index (κ1) is 23.1. The van der Waals surface area contributed by atoms with E-state index in [2.05, 4.69) is 0 Å². The van der Waals surface area contributed by atoms with Gasteiger partial charge in [0.25, 0.3) is 0 Å². The second-order valence-corrected chi connectivity index (χ2v) is 7.77. The summed E-state index contributed by atoms with van der Waals surface area (Å²) in [4.78, 5) is 0. The number of hydrogen-bond donors (Lipinski definition) is 0. The van der Waals surface area contributed by atoms with Crippen LogP contribution in [0.1, 0.15) is 38.2 Å². The van der Waals surface area contributed by atoms with Gasteiger partial charge in [0.1, 0.15) is 23.2 Å². The van der Waals surface area contributed by atoms with Crippen molar-refractivity contribution in [2.75, 3.05) is 0 Å². The first-order valence-corrected chi connectivity index (χ1v) is 10.4. The Balaban J connectivity index is 1.97. The molecule has 0 saturated heterocycles. The van der Waals surface area contributed by atoms with Crippen molar-refractivity contribution in [3.8, 4) is 5.75 Å². The summed E-state index contributed by atoms with van der Waals surface area (Å²) in [7, 11) is 0. The summed E-state index contributed by atoms with van der Waals surface area (Å²) in [5.41, 5.74) is -0.931. The Morgan fingerprint density at radius 2 is 1.68 bits per heavy atom. The zero-order chi connectivity index (χ0) is 22.6. The van der Waals surface area contributed by atoms with Gasteiger partial charge >= 0.3 is 0 Å². The molecule has 0 radical (unpaired) electrons. The van der Waals surface area contributed by atoms with Crippen LogP contribution in [0.3, 0.4) is 0 Å². The Kier molecular flexibility index (Phi) is 7.26. The number of ether oxygens (including phenoxy) is 1. The predicted molar refractivity (Wildman–Crippen MR) is 115 cm³/mol. The van der Waals surface area contributed by atoms with Crippen LogP contribution in [0.15, 0.2) is 60.4 Å². The quantitative estimate of drug-likeness (QED) is 0.185. The van der Waals surface area contributed by atoms with Crippen molar-refractivity contribution in [3.05, 3.63) is 83.5 Å². The number of hydrogen-bond acceptors (Lipinski definition) is 2. The average molecular weight is 452 g/mol. The second-order valence-electron chi connectivity index (χ2n) is 7.40. The fraction of sp³-hybridized carbons (Fsp3) is 0.292. The van der Waals surface area contributed by atoms with Crippen LogP contribution in [0.25, 0.3) is 5.57 Å². The molecule has 1 aliphatic carbocycles. The van der Waals surface area contributed by atoms with Gasteiger partial charge in [-0.1, -0.05) is 56.5 Å². The van der Waals surface area contributed by atoms with Gasteiger partial charge in [0.05, 0.1) is 0 Å². The summed E-state index contributed by atoms with van der Waals surface area (Å²) >= 11 is 5.24. The van der Waals surface area contributed by atoms with Crippen LogP contribution in [0.5, 0.6) is 5.75 Å². The number of thiocarbonyl (C=S) groups is 1. The molecule has 1 nitrogen and oxygen atoms in total. The van der Waals surface area contributed by atoms with E-state index in [1.54, 1.807) is 30.3 Å². The van der Waals surface area contributed by atoms with Crippen LogP contribution >= 0.6 is 12.2 Å². The first-order valence-electron chi connectivity index (χ1n) is 9.95. The summed E-state index contributed by atoms with van der Waals surface area (Å²) in [6, 6.07) is 9.93. The lowest BCUT2D eigenvalue weighted by molar-refractivity contribution is 0.189. The molecule has 0 heterocycles. The lowest BCUT2D eigenvalue weighted by Gasteiger charge is -2.37. The molecule has 0 N–H and O–H groups in total. The molecule has 0 bridgehead atoms. The monoisotopic (exact) mass is 452 g/mol. The van der Waals surface area contributed by atoms with Crippen LogP contribution in [0.4, 0.5) is 22.0 Å². The maximum absolute atomic E-state index is 15.6. The Bertz CT molecular complexity index is 995. The summed E-state index contributed by atoms with van der Waals surface area (Å²) in [6.45, 7) is 1.94. The van der Waals surface area contributed by atoms with E-state index in [4.69, 9.17) is 17.0 Å². The smallest absolute Gasteiger partial charge is 0.194 e. The molecule has 164 valence electrons. The molecule has 2 unspecified atom stereocenters. The number of halogens is 5. The third-order valence-electron chi connectivity index (χ3n) is 5.32. The Labute approximate surface area is 183 Å². The van der Waals surface area contributed by atoms with Crippen LogP contribution in [0.2, 0.25) is 0 Å². The molecule has 0 amide bonds. The lowest BCUT2D eigenvalue weighted by Crippen LogP contribution is -2.43. The van der Waals surface area contributed by atoms with Crippen molar-refractivity contribution in [2.45, 2.75) is 38.8 Å². The third-order valence-corrected chi connectivity index (χ3v) is 5.77. The van der Waals surface area contributed by atoms with E-state index < -0.39 is 45.7 Å². The van der Waals surface area contributed by atoms with Crippen LogP contribution in [0, 0.1) is 22.9 Å². The molecule has 2 aromatic carbocycles. The normalized spacial score (nSPS) is 20.8. The fourth-order valence-corrected chi connectivity index (χ4v) is 3.98. The van der Waals surface area contributed by atoms with Crippen molar-refractivity contribution < 1.29 is 26.7 Å². The summed E-state index contributed by atoms with van der Waals surface area (Å²) < 4.78 is 76.7. The highest BCUT2D eigenvalue weighted by molar-refractivity contribution is 7.80. The van der Waals surface area contributed by atoms with E-state index in [0.29, 0.717) is 36.1 Å². The van der Waals surface area contributed by atoms with E-state index in [0.717, 1.165) is 6.42 Å². The van der Waals surface area contributed by atoms with Crippen LogP contribution in [-0.4, -0.2) is 11.2 Å². The molecule has 7 heteroatoms. The molecule has 1 aliphatic rings. The summed E-state index contributed by atoms with van der Waals surface area (Å²) in [6.07, 6.45) is 2.60. The van der Waals surface area contributed by atoms with E-state index >= 15 is 8.78 Å². The number of unbranched alkanes of at least 4 members (excludes halogenated alkanes) is 2. The van der Waals surface area contributed by atoms with E-state index in [9.17, 15) is 13.2 Å². The van der Waals surface area contributed by atoms with Gasteiger partial charge in [0.2, 0.25) is 0 Å². The maximum Gasteiger partial charge on any atom is 0.194 e. The minimum atomic E-state index is -1.93.